The summed E-state index contributed by atoms with van der Waals surface area (Å²) in [5.74, 6) is -0.689. The highest BCUT2D eigenvalue weighted by molar-refractivity contribution is 6.00. The fourth-order valence-electron chi connectivity index (χ4n) is 2.31. The van der Waals surface area contributed by atoms with Gasteiger partial charge in [-0.1, -0.05) is 6.07 Å². The molecule has 1 aliphatic rings. The summed E-state index contributed by atoms with van der Waals surface area (Å²) in [5, 5.41) is 8.85. The van der Waals surface area contributed by atoms with E-state index in [2.05, 4.69) is 11.0 Å². The molecule has 1 heterocycles. The van der Waals surface area contributed by atoms with Crippen molar-refractivity contribution in [3.05, 3.63) is 34.9 Å². The molecule has 2 N–H and O–H groups in total. The predicted octanol–water partition coefficient (Wildman–Crippen LogP) is 1.99. The van der Waals surface area contributed by atoms with E-state index in [0.717, 1.165) is 24.2 Å². The van der Waals surface area contributed by atoms with Gasteiger partial charge in [-0.3, -0.25) is 4.79 Å². The monoisotopic (exact) mass is 255 g/mol. The summed E-state index contributed by atoms with van der Waals surface area (Å²) in [6.45, 7) is 4.17. The van der Waals surface area contributed by atoms with E-state index >= 15 is 0 Å². The smallest absolute Gasteiger partial charge is 0.259 e. The number of benzene rings is 1. The second kappa shape index (κ2) is 5.57. The molecule has 0 aromatic heterocycles. The van der Waals surface area contributed by atoms with Crippen molar-refractivity contribution in [2.24, 2.45) is 5.73 Å². The Morgan fingerprint density at radius 2 is 2.11 bits per heavy atom. The number of hydrogen-bond acceptors (Lipinski definition) is 3. The Morgan fingerprint density at radius 3 is 2.63 bits per heavy atom. The normalized spacial score (nSPS) is 15.4. The van der Waals surface area contributed by atoms with E-state index in [1.165, 1.54) is 18.5 Å². The fraction of sp³-hybridized carbons (Fsp3) is 0.333. The first-order chi connectivity index (χ1) is 9.11. The van der Waals surface area contributed by atoms with Crippen LogP contribution in [0.3, 0.4) is 0 Å². The zero-order valence-electron chi connectivity index (χ0n) is 11.0. The van der Waals surface area contributed by atoms with Gasteiger partial charge >= 0.3 is 0 Å². The molecule has 1 amide bonds. The predicted molar refractivity (Wildman–Crippen MR) is 75.4 cm³/mol. The fourth-order valence-corrected chi connectivity index (χ4v) is 2.31. The van der Waals surface area contributed by atoms with Crippen molar-refractivity contribution in [3.63, 3.8) is 0 Å². The molecular weight excluding hydrogens is 238 g/mol. The lowest BCUT2D eigenvalue weighted by atomic mass is 10.0. The van der Waals surface area contributed by atoms with E-state index in [9.17, 15) is 4.79 Å². The lowest BCUT2D eigenvalue weighted by Gasteiger charge is -2.18. The zero-order chi connectivity index (χ0) is 13.8. The van der Waals surface area contributed by atoms with Gasteiger partial charge in [0.25, 0.3) is 5.91 Å². The molecule has 4 heteroatoms. The SMILES string of the molecule is Cc1cc(N2CCCC2)ccc1/C=C(\C#N)C(N)=O. The van der Waals surface area contributed by atoms with Crippen LogP contribution >= 0.6 is 0 Å². The van der Waals surface area contributed by atoms with Crippen molar-refractivity contribution in [1.82, 2.24) is 0 Å². The maximum absolute atomic E-state index is 11.0. The number of anilines is 1. The lowest BCUT2D eigenvalue weighted by Crippen LogP contribution is -2.17. The van der Waals surface area contributed by atoms with E-state index in [-0.39, 0.29) is 5.57 Å². The molecule has 4 nitrogen and oxygen atoms in total. The number of primary amides is 1. The standard InChI is InChI=1S/C15H17N3O/c1-11-8-14(18-6-2-3-7-18)5-4-12(11)9-13(10-16)15(17)19/h4-5,8-9H,2-3,6-7H2,1H3,(H2,17,19)/b13-9+. The van der Waals surface area contributed by atoms with E-state index in [0.29, 0.717) is 0 Å². The average Bonchev–Trinajstić information content (AvgIpc) is 2.90. The number of amides is 1. The van der Waals surface area contributed by atoms with Crippen molar-refractivity contribution in [2.45, 2.75) is 19.8 Å². The quantitative estimate of drug-likeness (QED) is 0.663. The molecule has 0 atom stereocenters. The first-order valence-corrected chi connectivity index (χ1v) is 6.39. The minimum Gasteiger partial charge on any atom is -0.372 e. The third-order valence-electron chi connectivity index (χ3n) is 3.41. The van der Waals surface area contributed by atoms with Gasteiger partial charge < -0.3 is 10.6 Å². The Bertz CT molecular complexity index is 563. The van der Waals surface area contributed by atoms with Gasteiger partial charge in [0.05, 0.1) is 0 Å². The van der Waals surface area contributed by atoms with Crippen LogP contribution in [0, 0.1) is 18.3 Å². The second-order valence-corrected chi connectivity index (χ2v) is 4.77. The number of nitriles is 1. The van der Waals surface area contributed by atoms with Crippen molar-refractivity contribution >= 4 is 17.7 Å². The molecule has 1 aliphatic heterocycles. The summed E-state index contributed by atoms with van der Waals surface area (Å²) in [6, 6.07) is 7.88. The van der Waals surface area contributed by atoms with Gasteiger partial charge in [0.15, 0.2) is 0 Å². The Kier molecular flexibility index (Phi) is 3.86. The maximum atomic E-state index is 11.0. The maximum Gasteiger partial charge on any atom is 0.259 e. The van der Waals surface area contributed by atoms with Gasteiger partial charge in [0.1, 0.15) is 11.6 Å². The number of rotatable bonds is 3. The molecule has 1 saturated heterocycles. The molecule has 1 aromatic rings. The Morgan fingerprint density at radius 1 is 1.42 bits per heavy atom. The van der Waals surface area contributed by atoms with Crippen molar-refractivity contribution in [3.8, 4) is 6.07 Å². The second-order valence-electron chi connectivity index (χ2n) is 4.77. The molecule has 0 bridgehead atoms. The molecule has 0 spiro atoms. The van der Waals surface area contributed by atoms with E-state index in [1.54, 1.807) is 6.08 Å². The van der Waals surface area contributed by atoms with Crippen LogP contribution in [-0.4, -0.2) is 19.0 Å². The van der Waals surface area contributed by atoms with Crippen LogP contribution < -0.4 is 10.6 Å². The number of nitrogens with zero attached hydrogens (tertiary/aromatic N) is 2. The van der Waals surface area contributed by atoms with Gasteiger partial charge in [-0.05, 0) is 49.1 Å². The highest BCUT2D eigenvalue weighted by atomic mass is 16.1. The summed E-state index contributed by atoms with van der Waals surface area (Å²) in [6.07, 6.45) is 4.02. The molecule has 2 rings (SSSR count). The van der Waals surface area contributed by atoms with Crippen LogP contribution in [-0.2, 0) is 4.79 Å². The number of carbonyl (C=O) groups excluding carboxylic acids is 1. The molecule has 1 aromatic carbocycles. The minimum absolute atomic E-state index is 0.0166. The Balaban J connectivity index is 2.29. The summed E-state index contributed by atoms with van der Waals surface area (Å²) < 4.78 is 0. The van der Waals surface area contributed by atoms with Crippen molar-refractivity contribution < 1.29 is 4.79 Å². The van der Waals surface area contributed by atoms with Crippen LogP contribution in [0.25, 0.3) is 6.08 Å². The highest BCUT2D eigenvalue weighted by Crippen LogP contribution is 2.24. The van der Waals surface area contributed by atoms with Crippen molar-refractivity contribution in [2.75, 3.05) is 18.0 Å². The topological polar surface area (TPSA) is 70.1 Å². The number of aryl methyl sites for hydroxylation is 1. The number of hydrogen-bond donors (Lipinski definition) is 1. The van der Waals surface area contributed by atoms with Gasteiger partial charge in [-0.15, -0.1) is 0 Å². The molecule has 0 aliphatic carbocycles. The van der Waals surface area contributed by atoms with Crippen LogP contribution in [0.2, 0.25) is 0 Å². The molecule has 98 valence electrons. The van der Waals surface area contributed by atoms with Crippen LogP contribution in [0.1, 0.15) is 24.0 Å². The third-order valence-corrected chi connectivity index (χ3v) is 3.41. The van der Waals surface area contributed by atoms with Crippen LogP contribution in [0.15, 0.2) is 23.8 Å². The summed E-state index contributed by atoms with van der Waals surface area (Å²) in [4.78, 5) is 13.4. The minimum atomic E-state index is -0.689. The number of carbonyl (C=O) groups is 1. The number of nitrogens with two attached hydrogens (primary N) is 1. The zero-order valence-corrected chi connectivity index (χ0v) is 11.0. The van der Waals surface area contributed by atoms with Crippen LogP contribution in [0.5, 0.6) is 0 Å². The highest BCUT2D eigenvalue weighted by Gasteiger charge is 2.13. The molecular formula is C15H17N3O. The molecule has 19 heavy (non-hydrogen) atoms. The van der Waals surface area contributed by atoms with E-state index < -0.39 is 5.91 Å². The third kappa shape index (κ3) is 2.94. The largest absolute Gasteiger partial charge is 0.372 e. The van der Waals surface area contributed by atoms with Crippen molar-refractivity contribution in [1.29, 1.82) is 5.26 Å². The Hall–Kier alpha value is -2.28. The van der Waals surface area contributed by atoms with Gasteiger partial charge in [0.2, 0.25) is 0 Å². The summed E-state index contributed by atoms with van der Waals surface area (Å²) in [5.41, 5.74) is 8.22. The van der Waals surface area contributed by atoms with Crippen LogP contribution in [0.4, 0.5) is 5.69 Å². The average molecular weight is 255 g/mol. The van der Waals surface area contributed by atoms with Gasteiger partial charge in [-0.25, -0.2) is 0 Å². The van der Waals surface area contributed by atoms with Gasteiger partial charge in [0, 0.05) is 18.8 Å². The molecule has 0 unspecified atom stereocenters. The Labute approximate surface area is 113 Å². The first kappa shape index (κ1) is 13.2. The molecule has 0 saturated carbocycles. The van der Waals surface area contributed by atoms with E-state index in [1.807, 2.05) is 25.1 Å². The first-order valence-electron chi connectivity index (χ1n) is 6.39. The molecule has 1 fully saturated rings. The summed E-state index contributed by atoms with van der Waals surface area (Å²) in [7, 11) is 0. The lowest BCUT2D eigenvalue weighted by molar-refractivity contribution is -0.114. The van der Waals surface area contributed by atoms with E-state index in [4.69, 9.17) is 11.0 Å². The summed E-state index contributed by atoms with van der Waals surface area (Å²) >= 11 is 0. The van der Waals surface area contributed by atoms with Gasteiger partial charge in [-0.2, -0.15) is 5.26 Å². The molecule has 0 radical (unpaired) electrons.